The van der Waals surface area contributed by atoms with E-state index < -0.39 is 9.84 Å². The average molecular weight is 308 g/mol. The van der Waals surface area contributed by atoms with Crippen LogP contribution >= 0.6 is 0 Å². The van der Waals surface area contributed by atoms with E-state index in [9.17, 15) is 13.2 Å². The number of sulfone groups is 1. The predicted octanol–water partition coefficient (Wildman–Crippen LogP) is 1.65. The molecule has 1 aliphatic heterocycles. The van der Waals surface area contributed by atoms with Gasteiger partial charge in [-0.05, 0) is 25.0 Å². The standard InChI is InChI=1S/C15H20N2O3S/c18-15(14-8-4-5-9-16-14)17-10-13(11-17)21(19,20)12-6-2-1-3-7-12/h4-5,8-9,12-13H,1-3,6-7,10-11H2. The van der Waals surface area contributed by atoms with Crippen molar-refractivity contribution in [2.45, 2.75) is 42.6 Å². The first-order chi connectivity index (χ1) is 10.1. The van der Waals surface area contributed by atoms with E-state index in [1.165, 1.54) is 0 Å². The van der Waals surface area contributed by atoms with E-state index in [-0.39, 0.29) is 16.4 Å². The summed E-state index contributed by atoms with van der Waals surface area (Å²) >= 11 is 0. The summed E-state index contributed by atoms with van der Waals surface area (Å²) in [6.07, 6.45) is 6.30. The summed E-state index contributed by atoms with van der Waals surface area (Å²) in [5, 5.41) is -0.573. The lowest BCUT2D eigenvalue weighted by Crippen LogP contribution is -2.58. The van der Waals surface area contributed by atoms with E-state index in [2.05, 4.69) is 4.98 Å². The highest BCUT2D eigenvalue weighted by Gasteiger charge is 2.43. The minimum atomic E-state index is -3.09. The Morgan fingerprint density at radius 2 is 1.81 bits per heavy atom. The normalized spacial score (nSPS) is 21.0. The van der Waals surface area contributed by atoms with Gasteiger partial charge in [-0.2, -0.15) is 0 Å². The zero-order valence-electron chi connectivity index (χ0n) is 11.9. The highest BCUT2D eigenvalue weighted by atomic mass is 32.2. The first kappa shape index (κ1) is 14.5. The molecule has 1 amide bonds. The van der Waals surface area contributed by atoms with E-state index in [4.69, 9.17) is 0 Å². The first-order valence-corrected chi connectivity index (χ1v) is 9.13. The molecule has 1 aromatic rings. The van der Waals surface area contributed by atoms with Gasteiger partial charge >= 0.3 is 0 Å². The summed E-state index contributed by atoms with van der Waals surface area (Å²) in [5.41, 5.74) is 0.381. The summed E-state index contributed by atoms with van der Waals surface area (Å²) in [5.74, 6) is -0.175. The minimum Gasteiger partial charge on any atom is -0.335 e. The molecule has 1 saturated heterocycles. The molecule has 1 aliphatic carbocycles. The van der Waals surface area contributed by atoms with E-state index in [0.29, 0.717) is 18.8 Å². The van der Waals surface area contributed by atoms with Gasteiger partial charge < -0.3 is 4.90 Å². The molecule has 0 spiro atoms. The van der Waals surface area contributed by atoms with Gasteiger partial charge in [0.2, 0.25) is 0 Å². The van der Waals surface area contributed by atoms with Crippen LogP contribution in [0.4, 0.5) is 0 Å². The number of likely N-dealkylation sites (tertiary alicyclic amines) is 1. The van der Waals surface area contributed by atoms with Crippen molar-refractivity contribution >= 4 is 15.7 Å². The van der Waals surface area contributed by atoms with Crippen molar-refractivity contribution < 1.29 is 13.2 Å². The smallest absolute Gasteiger partial charge is 0.272 e. The van der Waals surface area contributed by atoms with E-state index >= 15 is 0 Å². The molecule has 2 aliphatic rings. The fourth-order valence-electron chi connectivity index (χ4n) is 3.13. The molecule has 5 nitrogen and oxygen atoms in total. The third kappa shape index (κ3) is 2.81. The molecule has 0 N–H and O–H groups in total. The monoisotopic (exact) mass is 308 g/mol. The molecular formula is C15H20N2O3S. The van der Waals surface area contributed by atoms with Gasteiger partial charge in [0.05, 0.1) is 10.5 Å². The van der Waals surface area contributed by atoms with Gasteiger partial charge in [0.25, 0.3) is 5.91 Å². The van der Waals surface area contributed by atoms with Crippen molar-refractivity contribution in [2.24, 2.45) is 0 Å². The highest BCUT2D eigenvalue weighted by Crippen LogP contribution is 2.30. The number of aromatic nitrogens is 1. The Morgan fingerprint density at radius 1 is 1.10 bits per heavy atom. The first-order valence-electron chi connectivity index (χ1n) is 7.52. The highest BCUT2D eigenvalue weighted by molar-refractivity contribution is 7.92. The van der Waals surface area contributed by atoms with Crippen LogP contribution in [0.25, 0.3) is 0 Å². The van der Waals surface area contributed by atoms with Gasteiger partial charge in [-0.25, -0.2) is 8.42 Å². The van der Waals surface area contributed by atoms with Crippen molar-refractivity contribution in [3.63, 3.8) is 0 Å². The average Bonchev–Trinajstić information content (AvgIpc) is 2.47. The maximum atomic E-state index is 12.5. The molecule has 2 heterocycles. The maximum absolute atomic E-state index is 12.5. The van der Waals surface area contributed by atoms with Gasteiger partial charge in [0.15, 0.2) is 9.84 Å². The second-order valence-corrected chi connectivity index (χ2v) is 8.41. The van der Waals surface area contributed by atoms with Crippen LogP contribution in [0.1, 0.15) is 42.6 Å². The van der Waals surface area contributed by atoms with E-state index in [1.54, 1.807) is 29.3 Å². The lowest BCUT2D eigenvalue weighted by atomic mass is 10.0. The van der Waals surface area contributed by atoms with Crippen LogP contribution in [0.15, 0.2) is 24.4 Å². The summed E-state index contributed by atoms with van der Waals surface area (Å²) in [6.45, 7) is 0.627. The van der Waals surface area contributed by atoms with Gasteiger partial charge in [0.1, 0.15) is 5.69 Å². The van der Waals surface area contributed by atoms with E-state index in [0.717, 1.165) is 32.1 Å². The van der Waals surface area contributed by atoms with Crippen molar-refractivity contribution in [1.29, 1.82) is 0 Å². The van der Waals surface area contributed by atoms with Gasteiger partial charge in [0, 0.05) is 19.3 Å². The summed E-state index contributed by atoms with van der Waals surface area (Å²) < 4.78 is 25.0. The Hall–Kier alpha value is -1.43. The van der Waals surface area contributed by atoms with Crippen LogP contribution in [0.5, 0.6) is 0 Å². The SMILES string of the molecule is O=C(c1ccccn1)N1CC(S(=O)(=O)C2CCCCC2)C1. The molecule has 0 aromatic carbocycles. The zero-order valence-corrected chi connectivity index (χ0v) is 12.8. The summed E-state index contributed by atoms with van der Waals surface area (Å²) in [7, 11) is -3.09. The number of hydrogen-bond donors (Lipinski definition) is 0. The Balaban J connectivity index is 1.61. The summed E-state index contributed by atoms with van der Waals surface area (Å²) in [6, 6.07) is 5.17. The van der Waals surface area contributed by atoms with Gasteiger partial charge in [-0.15, -0.1) is 0 Å². The zero-order chi connectivity index (χ0) is 14.9. The van der Waals surface area contributed by atoms with Crippen LogP contribution < -0.4 is 0 Å². The Labute approximate surface area is 125 Å². The Kier molecular flexibility index (Phi) is 3.97. The number of amides is 1. The number of rotatable bonds is 3. The lowest BCUT2D eigenvalue weighted by molar-refractivity contribution is 0.0652. The number of nitrogens with zero attached hydrogens (tertiary/aromatic N) is 2. The fourth-order valence-corrected chi connectivity index (χ4v) is 5.44. The largest absolute Gasteiger partial charge is 0.335 e. The number of hydrogen-bond acceptors (Lipinski definition) is 4. The number of pyridine rings is 1. The molecule has 21 heavy (non-hydrogen) atoms. The fraction of sp³-hybridized carbons (Fsp3) is 0.600. The van der Waals surface area contributed by atoms with Crippen molar-refractivity contribution in [3.8, 4) is 0 Å². The second kappa shape index (κ2) is 5.75. The van der Waals surface area contributed by atoms with Crippen LogP contribution in [0.2, 0.25) is 0 Å². The van der Waals surface area contributed by atoms with Crippen LogP contribution in [0.3, 0.4) is 0 Å². The van der Waals surface area contributed by atoms with Crippen LogP contribution in [0, 0.1) is 0 Å². The maximum Gasteiger partial charge on any atom is 0.272 e. The molecule has 0 atom stereocenters. The lowest BCUT2D eigenvalue weighted by Gasteiger charge is -2.40. The summed E-state index contributed by atoms with van der Waals surface area (Å²) in [4.78, 5) is 17.7. The number of carbonyl (C=O) groups is 1. The third-order valence-electron chi connectivity index (χ3n) is 4.50. The third-order valence-corrected chi connectivity index (χ3v) is 7.13. The molecule has 1 aromatic heterocycles. The van der Waals surface area contributed by atoms with Gasteiger partial charge in [-0.1, -0.05) is 25.3 Å². The molecule has 0 bridgehead atoms. The van der Waals surface area contributed by atoms with Crippen LogP contribution in [-0.4, -0.2) is 47.8 Å². The van der Waals surface area contributed by atoms with Crippen LogP contribution in [-0.2, 0) is 9.84 Å². The van der Waals surface area contributed by atoms with Crippen molar-refractivity contribution in [2.75, 3.05) is 13.1 Å². The Bertz CT molecular complexity index is 603. The molecule has 2 fully saturated rings. The topological polar surface area (TPSA) is 67.3 Å². The molecule has 0 radical (unpaired) electrons. The van der Waals surface area contributed by atoms with Crippen molar-refractivity contribution in [1.82, 2.24) is 9.88 Å². The Morgan fingerprint density at radius 3 is 2.43 bits per heavy atom. The molecular weight excluding hydrogens is 288 g/mol. The molecule has 3 rings (SSSR count). The minimum absolute atomic E-state index is 0.175. The molecule has 114 valence electrons. The van der Waals surface area contributed by atoms with Crippen molar-refractivity contribution in [3.05, 3.63) is 30.1 Å². The molecule has 1 saturated carbocycles. The van der Waals surface area contributed by atoms with E-state index in [1.807, 2.05) is 0 Å². The quantitative estimate of drug-likeness (QED) is 0.851. The number of carbonyl (C=O) groups excluding carboxylic acids is 1. The second-order valence-electron chi connectivity index (χ2n) is 5.90. The predicted molar refractivity (Wildman–Crippen MR) is 79.7 cm³/mol. The van der Waals surface area contributed by atoms with Gasteiger partial charge in [-0.3, -0.25) is 9.78 Å². The molecule has 6 heteroatoms. The molecule has 0 unspecified atom stereocenters.